The Morgan fingerprint density at radius 2 is 1.74 bits per heavy atom. The fraction of sp³-hybridized carbons (Fsp3) is 0.280. The monoisotopic (exact) mass is 474 g/mol. The Bertz CT molecular complexity index is 1130. The largest absolute Gasteiger partial charge is 0.457 e. The van der Waals surface area contributed by atoms with E-state index in [1.165, 1.54) is 4.90 Å². The van der Waals surface area contributed by atoms with E-state index in [2.05, 4.69) is 4.98 Å². The third-order valence-electron chi connectivity index (χ3n) is 5.25. The zero-order chi connectivity index (χ0) is 24.9. The van der Waals surface area contributed by atoms with Crippen LogP contribution in [0.1, 0.15) is 41.6 Å². The standard InChI is InChI=1S/C25H25F3N2O4/c1-3-30(4-2)24(33)19-14-17(25(26,27)28)10-13-23(19)34-18-11-8-16(9-12-18)20-6-5-7-21(29-20)22(32)15-31/h5-14,22,31-32H,3-4,15H2,1-2H3/t22-/m1/s1. The molecule has 180 valence electrons. The first kappa shape index (κ1) is 25.2. The fourth-order valence-corrected chi connectivity index (χ4v) is 3.36. The van der Waals surface area contributed by atoms with Gasteiger partial charge in [-0.3, -0.25) is 4.79 Å². The molecule has 6 nitrogen and oxygen atoms in total. The third kappa shape index (κ3) is 5.73. The molecule has 0 aliphatic rings. The van der Waals surface area contributed by atoms with Gasteiger partial charge in [-0.1, -0.05) is 6.07 Å². The van der Waals surface area contributed by atoms with E-state index in [0.717, 1.165) is 18.2 Å². The number of pyridine rings is 1. The number of nitrogens with zero attached hydrogens (tertiary/aromatic N) is 2. The number of benzene rings is 2. The van der Waals surface area contributed by atoms with Gasteiger partial charge in [0, 0.05) is 18.7 Å². The number of carbonyl (C=O) groups excluding carboxylic acids is 1. The molecule has 0 bridgehead atoms. The van der Waals surface area contributed by atoms with E-state index >= 15 is 0 Å². The van der Waals surface area contributed by atoms with Crippen LogP contribution in [0, 0.1) is 0 Å². The number of alkyl halides is 3. The summed E-state index contributed by atoms with van der Waals surface area (Å²) in [6, 6.07) is 14.5. The number of aliphatic hydroxyl groups is 2. The molecule has 9 heteroatoms. The van der Waals surface area contributed by atoms with Gasteiger partial charge >= 0.3 is 6.18 Å². The molecule has 2 aromatic carbocycles. The maximum Gasteiger partial charge on any atom is 0.416 e. The summed E-state index contributed by atoms with van der Waals surface area (Å²) < 4.78 is 45.6. The summed E-state index contributed by atoms with van der Waals surface area (Å²) in [5, 5.41) is 18.9. The summed E-state index contributed by atoms with van der Waals surface area (Å²) in [5.74, 6) is -0.210. The Labute approximate surface area is 195 Å². The predicted molar refractivity (Wildman–Crippen MR) is 120 cm³/mol. The zero-order valence-electron chi connectivity index (χ0n) is 18.7. The molecule has 1 amide bonds. The highest BCUT2D eigenvalue weighted by Crippen LogP contribution is 2.35. The number of aliphatic hydroxyl groups excluding tert-OH is 2. The molecule has 0 saturated heterocycles. The van der Waals surface area contributed by atoms with E-state index in [-0.39, 0.29) is 11.3 Å². The van der Waals surface area contributed by atoms with Crippen LogP contribution >= 0.6 is 0 Å². The van der Waals surface area contributed by atoms with Crippen LogP contribution in [0.2, 0.25) is 0 Å². The minimum atomic E-state index is -4.59. The molecule has 3 rings (SSSR count). The first-order chi connectivity index (χ1) is 16.2. The second-order valence-corrected chi connectivity index (χ2v) is 7.46. The van der Waals surface area contributed by atoms with Crippen molar-refractivity contribution in [2.45, 2.75) is 26.1 Å². The Morgan fingerprint density at radius 3 is 2.32 bits per heavy atom. The van der Waals surface area contributed by atoms with Crippen molar-refractivity contribution in [2.24, 2.45) is 0 Å². The van der Waals surface area contributed by atoms with Gasteiger partial charge in [-0.15, -0.1) is 0 Å². The number of halogens is 3. The molecule has 0 radical (unpaired) electrons. The van der Waals surface area contributed by atoms with Crippen LogP contribution in [-0.4, -0.2) is 45.7 Å². The Hall–Kier alpha value is -3.43. The average Bonchev–Trinajstić information content (AvgIpc) is 2.84. The fourth-order valence-electron chi connectivity index (χ4n) is 3.36. The normalized spacial score (nSPS) is 12.3. The smallest absolute Gasteiger partial charge is 0.416 e. The van der Waals surface area contributed by atoms with Crippen molar-refractivity contribution in [2.75, 3.05) is 19.7 Å². The molecule has 0 aliphatic carbocycles. The predicted octanol–water partition coefficient (Wildman–Crippen LogP) is 5.07. The lowest BCUT2D eigenvalue weighted by atomic mass is 10.1. The van der Waals surface area contributed by atoms with Crippen molar-refractivity contribution < 1.29 is 32.9 Å². The van der Waals surface area contributed by atoms with Gasteiger partial charge in [0.05, 0.1) is 29.1 Å². The van der Waals surface area contributed by atoms with Gasteiger partial charge in [-0.25, -0.2) is 4.98 Å². The molecule has 1 heterocycles. The van der Waals surface area contributed by atoms with Crippen molar-refractivity contribution in [3.05, 3.63) is 77.5 Å². The summed E-state index contributed by atoms with van der Waals surface area (Å²) >= 11 is 0. The first-order valence-electron chi connectivity index (χ1n) is 10.7. The summed E-state index contributed by atoms with van der Waals surface area (Å²) in [4.78, 5) is 18.6. The van der Waals surface area contributed by atoms with Crippen LogP contribution in [0.15, 0.2) is 60.7 Å². The number of amides is 1. The van der Waals surface area contributed by atoms with Crippen molar-refractivity contribution >= 4 is 5.91 Å². The lowest BCUT2D eigenvalue weighted by Gasteiger charge is -2.21. The molecular formula is C25H25F3N2O4. The van der Waals surface area contributed by atoms with Gasteiger partial charge in [-0.2, -0.15) is 13.2 Å². The quantitative estimate of drug-likeness (QED) is 0.477. The van der Waals surface area contributed by atoms with Gasteiger partial charge < -0.3 is 19.8 Å². The molecule has 0 unspecified atom stereocenters. The lowest BCUT2D eigenvalue weighted by Crippen LogP contribution is -2.31. The highest BCUT2D eigenvalue weighted by molar-refractivity contribution is 5.97. The molecular weight excluding hydrogens is 449 g/mol. The summed E-state index contributed by atoms with van der Waals surface area (Å²) in [7, 11) is 0. The molecule has 1 atom stereocenters. The molecule has 2 N–H and O–H groups in total. The Balaban J connectivity index is 1.91. The molecule has 3 aromatic rings. The highest BCUT2D eigenvalue weighted by atomic mass is 19.4. The number of aromatic nitrogens is 1. The van der Waals surface area contributed by atoms with Crippen LogP contribution in [0.25, 0.3) is 11.3 Å². The van der Waals surface area contributed by atoms with E-state index in [4.69, 9.17) is 9.84 Å². The molecule has 0 saturated carbocycles. The minimum absolute atomic E-state index is 0.0174. The number of carbonyl (C=O) groups is 1. The van der Waals surface area contributed by atoms with Gasteiger partial charge in [0.25, 0.3) is 5.91 Å². The van der Waals surface area contributed by atoms with Gasteiger partial charge in [0.2, 0.25) is 0 Å². The van der Waals surface area contributed by atoms with Crippen molar-refractivity contribution in [3.63, 3.8) is 0 Å². The molecule has 0 spiro atoms. The first-order valence-corrected chi connectivity index (χ1v) is 10.7. The third-order valence-corrected chi connectivity index (χ3v) is 5.25. The van der Waals surface area contributed by atoms with E-state index in [0.29, 0.717) is 35.8 Å². The number of rotatable bonds is 8. The zero-order valence-corrected chi connectivity index (χ0v) is 18.7. The van der Waals surface area contributed by atoms with Gasteiger partial charge in [0.15, 0.2) is 0 Å². The SMILES string of the molecule is CCN(CC)C(=O)c1cc(C(F)(F)F)ccc1Oc1ccc(-c2cccc([C@H](O)CO)n2)cc1. The van der Waals surface area contributed by atoms with E-state index in [9.17, 15) is 23.1 Å². The van der Waals surface area contributed by atoms with Crippen LogP contribution in [0.5, 0.6) is 11.5 Å². The topological polar surface area (TPSA) is 82.9 Å². The summed E-state index contributed by atoms with van der Waals surface area (Å²) in [6.07, 6.45) is -5.69. The highest BCUT2D eigenvalue weighted by Gasteiger charge is 2.32. The van der Waals surface area contributed by atoms with Crippen molar-refractivity contribution in [1.29, 1.82) is 0 Å². The van der Waals surface area contributed by atoms with Crippen LogP contribution in [-0.2, 0) is 6.18 Å². The van der Waals surface area contributed by atoms with Crippen molar-refractivity contribution in [3.8, 4) is 22.8 Å². The van der Waals surface area contributed by atoms with Crippen LogP contribution in [0.3, 0.4) is 0 Å². The van der Waals surface area contributed by atoms with Crippen molar-refractivity contribution in [1.82, 2.24) is 9.88 Å². The van der Waals surface area contributed by atoms with E-state index in [1.807, 2.05) is 0 Å². The minimum Gasteiger partial charge on any atom is -0.457 e. The number of hydrogen-bond acceptors (Lipinski definition) is 5. The van der Waals surface area contributed by atoms with Gasteiger partial charge in [-0.05, 0) is 68.4 Å². The summed E-state index contributed by atoms with van der Waals surface area (Å²) in [5.41, 5.74) is 0.482. The van der Waals surface area contributed by atoms with E-state index < -0.39 is 30.4 Å². The second-order valence-electron chi connectivity index (χ2n) is 7.46. The van der Waals surface area contributed by atoms with Crippen LogP contribution in [0.4, 0.5) is 13.2 Å². The summed E-state index contributed by atoms with van der Waals surface area (Å²) in [6.45, 7) is 3.73. The molecule has 1 aromatic heterocycles. The van der Waals surface area contributed by atoms with Gasteiger partial charge in [0.1, 0.15) is 17.6 Å². The van der Waals surface area contributed by atoms with Crippen LogP contribution < -0.4 is 4.74 Å². The molecule has 0 aliphatic heterocycles. The number of hydrogen-bond donors (Lipinski definition) is 2. The average molecular weight is 474 g/mol. The number of ether oxygens (including phenoxy) is 1. The second kappa shape index (κ2) is 10.7. The molecule has 0 fully saturated rings. The van der Waals surface area contributed by atoms with E-state index in [1.54, 1.807) is 56.3 Å². The molecule has 34 heavy (non-hydrogen) atoms. The lowest BCUT2D eigenvalue weighted by molar-refractivity contribution is -0.137. The Kier molecular flexibility index (Phi) is 7.90. The maximum atomic E-state index is 13.3. The maximum absolute atomic E-state index is 13.3. The Morgan fingerprint density at radius 1 is 1.06 bits per heavy atom.